The van der Waals surface area contributed by atoms with E-state index in [4.69, 9.17) is 10.00 Å². The van der Waals surface area contributed by atoms with E-state index in [1.165, 1.54) is 25.3 Å². The lowest BCUT2D eigenvalue weighted by Crippen LogP contribution is -2.08. The maximum absolute atomic E-state index is 13.3. The number of sulfone groups is 1. The van der Waals surface area contributed by atoms with E-state index < -0.39 is 21.4 Å². The van der Waals surface area contributed by atoms with Crippen LogP contribution < -0.4 is 4.74 Å². The van der Waals surface area contributed by atoms with Crippen LogP contribution in [-0.4, -0.2) is 15.5 Å². The minimum Gasteiger partial charge on any atom is -0.495 e. The predicted octanol–water partition coefficient (Wildman–Crippen LogP) is 2.68. The molecule has 0 aliphatic carbocycles. The van der Waals surface area contributed by atoms with Gasteiger partial charge in [-0.15, -0.1) is 0 Å². The zero-order valence-electron chi connectivity index (χ0n) is 11.2. The molecule has 0 spiro atoms. The number of para-hydroxylation sites is 1. The van der Waals surface area contributed by atoms with Gasteiger partial charge in [0.05, 0.1) is 24.5 Å². The zero-order valence-corrected chi connectivity index (χ0v) is 12.0. The lowest BCUT2D eigenvalue weighted by Gasteiger charge is -2.10. The molecule has 2 aromatic carbocycles. The van der Waals surface area contributed by atoms with Crippen molar-refractivity contribution in [1.29, 1.82) is 5.26 Å². The minimum absolute atomic E-state index is 0.0145. The Labute approximate surface area is 122 Å². The average Bonchev–Trinajstić information content (AvgIpc) is 2.47. The second-order valence-electron chi connectivity index (χ2n) is 4.32. The van der Waals surface area contributed by atoms with Gasteiger partial charge in [0.1, 0.15) is 16.5 Å². The van der Waals surface area contributed by atoms with Gasteiger partial charge in [0.15, 0.2) is 9.84 Å². The molecule has 0 aromatic heterocycles. The van der Waals surface area contributed by atoms with E-state index in [0.717, 1.165) is 12.1 Å². The number of methoxy groups -OCH3 is 1. The van der Waals surface area contributed by atoms with Crippen LogP contribution in [0, 0.1) is 17.1 Å². The van der Waals surface area contributed by atoms with Crippen LogP contribution in [-0.2, 0) is 15.6 Å². The molecule has 108 valence electrons. The lowest BCUT2D eigenvalue weighted by atomic mass is 10.1. The molecule has 4 nitrogen and oxygen atoms in total. The van der Waals surface area contributed by atoms with Gasteiger partial charge in [-0.1, -0.05) is 12.1 Å². The normalized spacial score (nSPS) is 10.9. The second-order valence-corrected chi connectivity index (χ2v) is 6.28. The molecule has 6 heteroatoms. The maximum Gasteiger partial charge on any atom is 0.186 e. The summed E-state index contributed by atoms with van der Waals surface area (Å²) in [6.07, 6.45) is 0. The third-order valence-corrected chi connectivity index (χ3v) is 4.64. The second kappa shape index (κ2) is 5.94. The van der Waals surface area contributed by atoms with Crippen LogP contribution in [0.4, 0.5) is 4.39 Å². The molecule has 0 bridgehead atoms. The van der Waals surface area contributed by atoms with E-state index >= 15 is 0 Å². The number of nitrogens with zero attached hydrogens (tertiary/aromatic N) is 1. The van der Waals surface area contributed by atoms with Gasteiger partial charge >= 0.3 is 0 Å². The van der Waals surface area contributed by atoms with E-state index in [0.29, 0.717) is 0 Å². The molecule has 0 amide bonds. The molecule has 2 aromatic rings. The SMILES string of the molecule is COc1ccccc1S(=O)(=O)Cc1cc(F)ccc1C#N. The van der Waals surface area contributed by atoms with Crippen molar-refractivity contribution >= 4 is 9.84 Å². The fourth-order valence-corrected chi connectivity index (χ4v) is 3.50. The highest BCUT2D eigenvalue weighted by atomic mass is 32.2. The third-order valence-electron chi connectivity index (χ3n) is 2.94. The van der Waals surface area contributed by atoms with E-state index in [9.17, 15) is 12.8 Å². The summed E-state index contributed by atoms with van der Waals surface area (Å²) in [5.41, 5.74) is 0.262. The van der Waals surface area contributed by atoms with Crippen molar-refractivity contribution in [1.82, 2.24) is 0 Å². The summed E-state index contributed by atoms with van der Waals surface area (Å²) in [6.45, 7) is 0. The van der Waals surface area contributed by atoms with E-state index in [1.54, 1.807) is 12.1 Å². The number of benzene rings is 2. The number of hydrogen-bond acceptors (Lipinski definition) is 4. The zero-order chi connectivity index (χ0) is 15.5. The van der Waals surface area contributed by atoms with E-state index in [-0.39, 0.29) is 21.8 Å². The van der Waals surface area contributed by atoms with Gasteiger partial charge in [-0.25, -0.2) is 12.8 Å². The smallest absolute Gasteiger partial charge is 0.186 e. The lowest BCUT2D eigenvalue weighted by molar-refractivity contribution is 0.402. The summed E-state index contributed by atoms with van der Waals surface area (Å²) >= 11 is 0. The van der Waals surface area contributed by atoms with Crippen molar-refractivity contribution < 1.29 is 17.5 Å². The van der Waals surface area contributed by atoms with Crippen LogP contribution in [0.1, 0.15) is 11.1 Å². The topological polar surface area (TPSA) is 67.2 Å². The Morgan fingerprint density at radius 3 is 2.62 bits per heavy atom. The van der Waals surface area contributed by atoms with Gasteiger partial charge in [-0.3, -0.25) is 0 Å². The Bertz CT molecular complexity index is 810. The first-order chi connectivity index (χ1) is 9.97. The number of halogens is 1. The largest absolute Gasteiger partial charge is 0.495 e. The Balaban J connectivity index is 2.48. The van der Waals surface area contributed by atoms with Crippen molar-refractivity contribution in [2.45, 2.75) is 10.6 Å². The minimum atomic E-state index is -3.75. The fourth-order valence-electron chi connectivity index (χ4n) is 1.95. The highest BCUT2D eigenvalue weighted by molar-refractivity contribution is 7.90. The highest BCUT2D eigenvalue weighted by Crippen LogP contribution is 2.27. The number of ether oxygens (including phenoxy) is 1. The van der Waals surface area contributed by atoms with Crippen molar-refractivity contribution in [3.8, 4) is 11.8 Å². The Hall–Kier alpha value is -2.39. The maximum atomic E-state index is 13.3. The molecule has 0 heterocycles. The Morgan fingerprint density at radius 2 is 1.95 bits per heavy atom. The molecule has 0 saturated carbocycles. The van der Waals surface area contributed by atoms with E-state index in [1.807, 2.05) is 6.07 Å². The predicted molar refractivity (Wildman–Crippen MR) is 75.0 cm³/mol. The number of hydrogen-bond donors (Lipinski definition) is 0. The quantitative estimate of drug-likeness (QED) is 0.871. The molecule has 0 fully saturated rings. The average molecular weight is 305 g/mol. The van der Waals surface area contributed by atoms with E-state index in [2.05, 4.69) is 0 Å². The van der Waals surface area contributed by atoms with Crippen LogP contribution in [0.2, 0.25) is 0 Å². The molecule has 0 saturated heterocycles. The van der Waals surface area contributed by atoms with Gasteiger partial charge in [0.25, 0.3) is 0 Å². The van der Waals surface area contributed by atoms with Crippen LogP contribution in [0.3, 0.4) is 0 Å². The fraction of sp³-hybridized carbons (Fsp3) is 0.133. The molecule has 0 N–H and O–H groups in total. The summed E-state index contributed by atoms with van der Waals surface area (Å²) < 4.78 is 43.2. The van der Waals surface area contributed by atoms with Crippen LogP contribution in [0.25, 0.3) is 0 Å². The molecule has 0 radical (unpaired) electrons. The number of rotatable bonds is 4. The monoisotopic (exact) mass is 305 g/mol. The summed E-state index contributed by atoms with van der Waals surface area (Å²) in [5.74, 6) is -0.833. The van der Waals surface area contributed by atoms with Crippen molar-refractivity contribution in [2.24, 2.45) is 0 Å². The van der Waals surface area contributed by atoms with Gasteiger partial charge in [-0.05, 0) is 35.9 Å². The van der Waals surface area contributed by atoms with Crippen LogP contribution in [0.5, 0.6) is 5.75 Å². The van der Waals surface area contributed by atoms with Crippen LogP contribution in [0.15, 0.2) is 47.4 Å². The molecular formula is C15H12FNO3S. The first kappa shape index (κ1) is 15.0. The molecular weight excluding hydrogens is 293 g/mol. The third kappa shape index (κ3) is 3.20. The van der Waals surface area contributed by atoms with Crippen molar-refractivity contribution in [2.75, 3.05) is 7.11 Å². The number of nitriles is 1. The molecule has 0 aliphatic heterocycles. The molecule has 21 heavy (non-hydrogen) atoms. The standard InChI is InChI=1S/C15H12FNO3S/c1-20-14-4-2-3-5-15(14)21(18,19)10-12-8-13(16)7-6-11(12)9-17/h2-8H,10H2,1H3. The van der Waals surface area contributed by atoms with Crippen LogP contribution >= 0.6 is 0 Å². The van der Waals surface area contributed by atoms with Gasteiger partial charge in [0.2, 0.25) is 0 Å². The summed E-state index contributed by atoms with van der Waals surface area (Å²) in [5, 5.41) is 8.99. The van der Waals surface area contributed by atoms with Gasteiger partial charge < -0.3 is 4.74 Å². The first-order valence-electron chi connectivity index (χ1n) is 6.02. The van der Waals surface area contributed by atoms with Crippen molar-refractivity contribution in [3.63, 3.8) is 0 Å². The molecule has 0 aliphatic rings. The Kier molecular flexibility index (Phi) is 4.24. The molecule has 2 rings (SSSR count). The molecule has 0 unspecified atom stereocenters. The highest BCUT2D eigenvalue weighted by Gasteiger charge is 2.21. The van der Waals surface area contributed by atoms with Gasteiger partial charge in [-0.2, -0.15) is 5.26 Å². The summed E-state index contributed by atoms with van der Waals surface area (Å²) in [4.78, 5) is 0.0145. The summed E-state index contributed by atoms with van der Waals surface area (Å²) in [6, 6.07) is 11.5. The van der Waals surface area contributed by atoms with Gasteiger partial charge in [0, 0.05) is 0 Å². The summed E-state index contributed by atoms with van der Waals surface area (Å²) in [7, 11) is -2.38. The Morgan fingerprint density at radius 1 is 1.24 bits per heavy atom. The first-order valence-corrected chi connectivity index (χ1v) is 7.67. The van der Waals surface area contributed by atoms with Crippen molar-refractivity contribution in [3.05, 3.63) is 59.4 Å². The molecule has 0 atom stereocenters.